The average Bonchev–Trinajstić information content (AvgIpc) is 2.85. The number of hydrogen-bond donors (Lipinski definition) is 1. The molecule has 5 rings (SSSR count). The zero-order valence-corrected chi connectivity index (χ0v) is 21.4. The van der Waals surface area contributed by atoms with Crippen LogP contribution in [0.25, 0.3) is 0 Å². The second-order valence-corrected chi connectivity index (χ2v) is 11.6. The van der Waals surface area contributed by atoms with E-state index in [2.05, 4.69) is 5.32 Å². The van der Waals surface area contributed by atoms with E-state index >= 15 is 0 Å². The van der Waals surface area contributed by atoms with E-state index in [1.807, 2.05) is 0 Å². The molecule has 0 radical (unpaired) electrons. The Hall–Kier alpha value is -1.66. The number of nitrogens with one attached hydrogen (secondary N) is 1. The Bertz CT molecular complexity index is 811. The van der Waals surface area contributed by atoms with E-state index in [1.165, 1.54) is 0 Å². The zero-order valence-electron chi connectivity index (χ0n) is 21.4. The van der Waals surface area contributed by atoms with Gasteiger partial charge in [-0.15, -0.1) is 5.06 Å². The van der Waals surface area contributed by atoms with Crippen LogP contribution in [0.15, 0.2) is 0 Å². The third kappa shape index (κ3) is 6.50. The van der Waals surface area contributed by atoms with Gasteiger partial charge in [0.1, 0.15) is 6.04 Å². The second kappa shape index (κ2) is 10.8. The first-order valence-corrected chi connectivity index (χ1v) is 13.8. The first kappa shape index (κ1) is 26.9. The molecule has 12 heteroatoms. The molecule has 0 bridgehead atoms. The van der Waals surface area contributed by atoms with Gasteiger partial charge in [-0.25, -0.2) is 22.4 Å². The van der Waals surface area contributed by atoms with Crippen LogP contribution in [0.5, 0.6) is 0 Å². The van der Waals surface area contributed by atoms with E-state index in [0.29, 0.717) is 51.9 Å². The number of carbonyl (C=O) groups is 2. The maximum absolute atomic E-state index is 13.5. The maximum Gasteiger partial charge on any atom is 0.426 e. The molecule has 2 amide bonds. The van der Waals surface area contributed by atoms with Crippen molar-refractivity contribution in [1.82, 2.24) is 25.1 Å². The van der Waals surface area contributed by atoms with Gasteiger partial charge in [0, 0.05) is 38.3 Å². The molecule has 1 saturated carbocycles. The van der Waals surface area contributed by atoms with Crippen molar-refractivity contribution in [3.63, 3.8) is 0 Å². The molecule has 4 aliphatic heterocycles. The third-order valence-corrected chi connectivity index (χ3v) is 8.84. The van der Waals surface area contributed by atoms with Crippen molar-refractivity contribution in [3.8, 4) is 0 Å². The fourth-order valence-corrected chi connectivity index (χ4v) is 6.68. The number of likely N-dealkylation sites (tertiary alicyclic amines) is 3. The molecule has 5 fully saturated rings. The van der Waals surface area contributed by atoms with Gasteiger partial charge in [0.25, 0.3) is 11.8 Å². The summed E-state index contributed by atoms with van der Waals surface area (Å²) in [6.07, 6.45) is 6.81. The molecule has 1 N–H and O–H groups in total. The van der Waals surface area contributed by atoms with Gasteiger partial charge in [0.05, 0.1) is 26.2 Å². The summed E-state index contributed by atoms with van der Waals surface area (Å²) in [7, 11) is 0. The number of hydroxylamine groups is 2. The third-order valence-electron chi connectivity index (χ3n) is 8.84. The van der Waals surface area contributed by atoms with E-state index in [-0.39, 0.29) is 50.1 Å². The molecular weight excluding hydrogens is 494 g/mol. The lowest BCUT2D eigenvalue weighted by Crippen LogP contribution is -2.62. The number of rotatable bonds is 6. The van der Waals surface area contributed by atoms with Crippen LogP contribution in [-0.2, 0) is 9.63 Å². The highest BCUT2D eigenvalue weighted by atomic mass is 19.3. The first-order chi connectivity index (χ1) is 17.6. The molecule has 1 atom stereocenters. The molecule has 37 heavy (non-hydrogen) atoms. The van der Waals surface area contributed by atoms with Gasteiger partial charge in [-0.2, -0.15) is 0 Å². The number of hydrogen-bond acceptors (Lipinski definition) is 6. The van der Waals surface area contributed by atoms with Crippen LogP contribution >= 0.6 is 0 Å². The normalized spacial score (nSPS) is 29.2. The number of halogens is 4. The van der Waals surface area contributed by atoms with Crippen molar-refractivity contribution in [3.05, 3.63) is 0 Å². The minimum atomic E-state index is -2.60. The summed E-state index contributed by atoms with van der Waals surface area (Å²) in [4.78, 5) is 37.3. The number of nitrogens with zero attached hydrogens (tertiary/aromatic N) is 4. The number of piperidine rings is 2. The molecule has 0 aromatic carbocycles. The van der Waals surface area contributed by atoms with Crippen LogP contribution in [-0.4, -0.2) is 114 Å². The highest BCUT2D eigenvalue weighted by Crippen LogP contribution is 2.34. The quantitative estimate of drug-likeness (QED) is 0.530. The fraction of sp³-hybridized carbons (Fsp3) is 0.920. The topological polar surface area (TPSA) is 68.4 Å². The second-order valence-electron chi connectivity index (χ2n) is 11.6. The highest BCUT2D eigenvalue weighted by molar-refractivity contribution is 5.86. The molecule has 5 aliphatic rings. The van der Waals surface area contributed by atoms with Gasteiger partial charge in [0.2, 0.25) is 5.91 Å². The molecule has 1 aliphatic carbocycles. The summed E-state index contributed by atoms with van der Waals surface area (Å²) in [6, 6.07) is -0.525. The van der Waals surface area contributed by atoms with Crippen molar-refractivity contribution in [2.45, 2.75) is 87.8 Å². The SMILES string of the molecule is O=C(N[C@H](C(=O)N1CCC(N2CC(F)(F)C2)CC1)C1CCCCC1)ON1CCC(N2CC(F)(F)C2)CC1. The van der Waals surface area contributed by atoms with Crippen LogP contribution in [0.3, 0.4) is 0 Å². The highest BCUT2D eigenvalue weighted by Gasteiger charge is 2.48. The van der Waals surface area contributed by atoms with E-state index in [4.69, 9.17) is 4.84 Å². The Labute approximate surface area is 215 Å². The van der Waals surface area contributed by atoms with Crippen LogP contribution in [0, 0.1) is 5.92 Å². The van der Waals surface area contributed by atoms with E-state index in [9.17, 15) is 27.2 Å². The van der Waals surface area contributed by atoms with E-state index in [1.54, 1.807) is 19.8 Å². The van der Waals surface area contributed by atoms with E-state index in [0.717, 1.165) is 32.1 Å². The molecule has 0 aromatic rings. The fourth-order valence-electron chi connectivity index (χ4n) is 6.68. The predicted molar refractivity (Wildman–Crippen MR) is 127 cm³/mol. The van der Waals surface area contributed by atoms with Crippen LogP contribution < -0.4 is 5.32 Å². The lowest BCUT2D eigenvalue weighted by molar-refractivity contribution is -0.170. The van der Waals surface area contributed by atoms with Crippen molar-refractivity contribution >= 4 is 12.0 Å². The van der Waals surface area contributed by atoms with Crippen LogP contribution in [0.1, 0.15) is 57.8 Å². The molecular formula is C25H39F4N5O3. The average molecular weight is 534 g/mol. The van der Waals surface area contributed by atoms with E-state index < -0.39 is 24.0 Å². The minimum Gasteiger partial charge on any atom is -0.351 e. The number of alkyl halides is 4. The maximum atomic E-state index is 13.5. The summed E-state index contributed by atoms with van der Waals surface area (Å²) in [5.74, 6) is -5.26. The van der Waals surface area contributed by atoms with Gasteiger partial charge >= 0.3 is 6.09 Å². The summed E-state index contributed by atoms with van der Waals surface area (Å²) in [5.41, 5.74) is 0. The molecule has 210 valence electrons. The summed E-state index contributed by atoms with van der Waals surface area (Å²) >= 11 is 0. The van der Waals surface area contributed by atoms with Crippen molar-refractivity contribution in [1.29, 1.82) is 0 Å². The van der Waals surface area contributed by atoms with Crippen molar-refractivity contribution in [2.75, 3.05) is 52.4 Å². The molecule has 0 spiro atoms. The zero-order chi connectivity index (χ0) is 26.2. The van der Waals surface area contributed by atoms with Gasteiger partial charge in [-0.05, 0) is 44.4 Å². The molecule has 0 aromatic heterocycles. The Balaban J connectivity index is 1.11. The molecule has 4 heterocycles. The molecule has 0 unspecified atom stereocenters. The Kier molecular flexibility index (Phi) is 7.89. The van der Waals surface area contributed by atoms with Gasteiger partial charge in [0.15, 0.2) is 0 Å². The lowest BCUT2D eigenvalue weighted by Gasteiger charge is -2.47. The predicted octanol–water partition coefficient (Wildman–Crippen LogP) is 2.93. The van der Waals surface area contributed by atoms with Crippen molar-refractivity contribution in [2.24, 2.45) is 5.92 Å². The Morgan fingerprint density at radius 2 is 1.22 bits per heavy atom. The van der Waals surface area contributed by atoms with Crippen LogP contribution in [0.2, 0.25) is 0 Å². The summed E-state index contributed by atoms with van der Waals surface area (Å²) in [5, 5.41) is 4.41. The van der Waals surface area contributed by atoms with Crippen molar-refractivity contribution < 1.29 is 32.0 Å². The lowest BCUT2D eigenvalue weighted by atomic mass is 9.83. The Morgan fingerprint density at radius 1 is 0.730 bits per heavy atom. The monoisotopic (exact) mass is 533 g/mol. The number of carbonyl (C=O) groups excluding carboxylic acids is 2. The summed E-state index contributed by atoms with van der Waals surface area (Å²) < 4.78 is 52.9. The minimum absolute atomic E-state index is 0.0411. The van der Waals surface area contributed by atoms with Gasteiger partial charge < -0.3 is 15.1 Å². The Morgan fingerprint density at radius 3 is 1.70 bits per heavy atom. The largest absolute Gasteiger partial charge is 0.426 e. The standard InChI is InChI=1S/C25H39F4N5O3/c26-24(27)14-32(15-24)19-6-10-31(11-7-19)22(35)21(18-4-2-1-3-5-18)30-23(36)37-34-12-8-20(9-13-34)33-16-25(28,29)17-33/h18-21H,1-17H2,(H,30,36)/t21-/m0/s1. The first-order valence-electron chi connectivity index (χ1n) is 13.8. The van der Waals surface area contributed by atoms with Crippen LogP contribution in [0.4, 0.5) is 22.4 Å². The molecule has 4 saturated heterocycles. The smallest absolute Gasteiger partial charge is 0.351 e. The van der Waals surface area contributed by atoms with Gasteiger partial charge in [-0.3, -0.25) is 14.6 Å². The molecule has 8 nitrogen and oxygen atoms in total. The summed E-state index contributed by atoms with van der Waals surface area (Å²) in [6.45, 7) is 1.11. The number of amides is 2. The van der Waals surface area contributed by atoms with Gasteiger partial charge in [-0.1, -0.05) is 19.3 Å².